The van der Waals surface area contributed by atoms with E-state index in [2.05, 4.69) is 107 Å². The number of aromatic amines is 2. The fourth-order valence-electron chi connectivity index (χ4n) is 6.10. The predicted molar refractivity (Wildman–Crippen MR) is 178 cm³/mol. The van der Waals surface area contributed by atoms with Gasteiger partial charge in [-0.1, -0.05) is 38.1 Å². The maximum Gasteiger partial charge on any atom is 0.0723 e. The zero-order chi connectivity index (χ0) is 28.8. The Hall–Kier alpha value is -5.22. The van der Waals surface area contributed by atoms with Crippen molar-refractivity contribution in [3.05, 3.63) is 121 Å². The van der Waals surface area contributed by atoms with E-state index in [4.69, 9.17) is 0 Å². The van der Waals surface area contributed by atoms with E-state index in [1.54, 1.807) is 0 Å². The first-order valence-electron chi connectivity index (χ1n) is 14.6. The Morgan fingerprint density at radius 2 is 0.929 bits per heavy atom. The van der Waals surface area contributed by atoms with Crippen molar-refractivity contribution in [1.82, 2.24) is 19.9 Å². The molecular weight excluding hydrogens is 512 g/mol. The lowest BCUT2D eigenvalue weighted by atomic mass is 9.98. The van der Waals surface area contributed by atoms with E-state index >= 15 is 0 Å². The lowest BCUT2D eigenvalue weighted by Gasteiger charge is -2.06. The summed E-state index contributed by atoms with van der Waals surface area (Å²) in [6.07, 6.45) is 3.71. The third kappa shape index (κ3) is 4.24. The monoisotopic (exact) mass is 544 g/mol. The normalized spacial score (nSPS) is 11.3. The van der Waals surface area contributed by atoms with Gasteiger partial charge in [-0.2, -0.15) is 0 Å². The number of nitrogens with one attached hydrogen (secondary N) is 2. The van der Waals surface area contributed by atoms with E-state index in [0.717, 1.165) is 44.6 Å². The van der Waals surface area contributed by atoms with Crippen LogP contribution in [0.25, 0.3) is 77.3 Å². The Morgan fingerprint density at radius 1 is 0.476 bits per heavy atom. The zero-order valence-electron chi connectivity index (χ0n) is 24.3. The SMILES string of the molecule is CC.Cc1cc(-c2ccccn2)c2[nH]c3ccc(-c4ccc5[nH]c6c(-c7ccccn7)cc(C)cc6c5c4)cc3c2c1. The molecule has 0 amide bonds. The summed E-state index contributed by atoms with van der Waals surface area (Å²) in [6, 6.07) is 34.6. The van der Waals surface area contributed by atoms with Crippen molar-refractivity contribution >= 4 is 43.6 Å². The molecule has 0 saturated heterocycles. The van der Waals surface area contributed by atoms with Crippen LogP contribution < -0.4 is 0 Å². The van der Waals surface area contributed by atoms with E-state index in [1.165, 1.54) is 43.8 Å². The van der Waals surface area contributed by atoms with Gasteiger partial charge in [0.15, 0.2) is 0 Å². The first-order chi connectivity index (χ1) is 20.6. The third-order valence-electron chi connectivity index (χ3n) is 7.92. The van der Waals surface area contributed by atoms with Crippen molar-refractivity contribution in [1.29, 1.82) is 0 Å². The van der Waals surface area contributed by atoms with Crippen molar-refractivity contribution in [3.8, 4) is 33.6 Å². The average Bonchev–Trinajstić information content (AvgIpc) is 3.59. The Bertz CT molecular complexity index is 2060. The van der Waals surface area contributed by atoms with Gasteiger partial charge < -0.3 is 9.97 Å². The first-order valence-corrected chi connectivity index (χ1v) is 14.6. The van der Waals surface area contributed by atoms with Gasteiger partial charge in [-0.3, -0.25) is 9.97 Å². The standard InChI is InChI=1S/C36H26N4.C2H6/c1-21-15-27-25-19-23(9-11-33(25)39-35(27)29(17-21)31-7-3-5-13-37-31)24-10-12-34-26(20-24)28-16-22(2)18-30(36(28)40-34)32-8-4-6-14-38-32;1-2/h3-20,39-40H,1-2H3;1-2H3. The molecular formula is C38H32N4. The van der Waals surface area contributed by atoms with Crippen LogP contribution in [-0.4, -0.2) is 19.9 Å². The molecule has 0 bridgehead atoms. The zero-order valence-corrected chi connectivity index (χ0v) is 24.3. The molecule has 2 N–H and O–H groups in total. The highest BCUT2D eigenvalue weighted by molar-refractivity contribution is 6.14. The molecule has 4 heteroatoms. The van der Waals surface area contributed by atoms with Gasteiger partial charge in [-0.05, 0) is 109 Å². The lowest BCUT2D eigenvalue weighted by Crippen LogP contribution is -1.85. The fourth-order valence-corrected chi connectivity index (χ4v) is 6.10. The number of benzene rings is 4. The average molecular weight is 545 g/mol. The Labute approximate surface area is 245 Å². The van der Waals surface area contributed by atoms with Gasteiger partial charge >= 0.3 is 0 Å². The molecule has 0 saturated carbocycles. The molecule has 0 unspecified atom stereocenters. The highest BCUT2D eigenvalue weighted by atomic mass is 14.7. The van der Waals surface area contributed by atoms with Gasteiger partial charge in [0.25, 0.3) is 0 Å². The number of fused-ring (bicyclic) bond motifs is 6. The van der Waals surface area contributed by atoms with Crippen molar-refractivity contribution < 1.29 is 0 Å². The smallest absolute Gasteiger partial charge is 0.0723 e. The third-order valence-corrected chi connectivity index (χ3v) is 7.92. The fraction of sp³-hybridized carbons (Fsp3) is 0.105. The second-order valence-corrected chi connectivity index (χ2v) is 10.7. The second kappa shape index (κ2) is 10.3. The summed E-state index contributed by atoms with van der Waals surface area (Å²) < 4.78 is 0. The van der Waals surface area contributed by atoms with Crippen LogP contribution in [0.2, 0.25) is 0 Å². The number of hydrogen-bond donors (Lipinski definition) is 2. The number of rotatable bonds is 3. The van der Waals surface area contributed by atoms with Crippen molar-refractivity contribution in [2.75, 3.05) is 0 Å². The number of H-pyrrole nitrogens is 2. The molecule has 4 heterocycles. The van der Waals surface area contributed by atoms with E-state index in [-0.39, 0.29) is 0 Å². The lowest BCUT2D eigenvalue weighted by molar-refractivity contribution is 1.32. The number of hydrogen-bond acceptors (Lipinski definition) is 2. The predicted octanol–water partition coefficient (Wildman–Crippen LogP) is 10.4. The van der Waals surface area contributed by atoms with Gasteiger partial charge in [0.2, 0.25) is 0 Å². The Balaban J connectivity index is 0.00000141. The molecule has 0 aliphatic rings. The van der Waals surface area contributed by atoms with Crippen LogP contribution in [0.3, 0.4) is 0 Å². The van der Waals surface area contributed by atoms with Gasteiger partial charge in [-0.25, -0.2) is 0 Å². The minimum absolute atomic E-state index is 0.980. The van der Waals surface area contributed by atoms with Crippen molar-refractivity contribution in [3.63, 3.8) is 0 Å². The summed E-state index contributed by atoms with van der Waals surface area (Å²) in [4.78, 5) is 16.6. The van der Waals surface area contributed by atoms with Crippen LogP contribution in [0, 0.1) is 13.8 Å². The first kappa shape index (κ1) is 25.7. The molecule has 0 spiro atoms. The topological polar surface area (TPSA) is 57.4 Å². The Morgan fingerprint density at radius 3 is 1.33 bits per heavy atom. The largest absolute Gasteiger partial charge is 0.354 e. The maximum atomic E-state index is 4.63. The molecule has 8 aromatic rings. The quantitative estimate of drug-likeness (QED) is 0.232. The summed E-state index contributed by atoms with van der Waals surface area (Å²) in [5.41, 5.74) is 13.6. The van der Waals surface area contributed by atoms with E-state index in [0.29, 0.717) is 0 Å². The van der Waals surface area contributed by atoms with Gasteiger partial charge in [0.1, 0.15) is 0 Å². The molecule has 204 valence electrons. The molecule has 0 atom stereocenters. The van der Waals surface area contributed by atoms with E-state index in [1.807, 2.05) is 50.5 Å². The summed E-state index contributed by atoms with van der Waals surface area (Å²) >= 11 is 0. The number of aromatic nitrogens is 4. The van der Waals surface area contributed by atoms with Crippen LogP contribution in [0.15, 0.2) is 109 Å². The summed E-state index contributed by atoms with van der Waals surface area (Å²) in [7, 11) is 0. The van der Waals surface area contributed by atoms with Crippen molar-refractivity contribution in [2.45, 2.75) is 27.7 Å². The maximum absolute atomic E-state index is 4.63. The Kier molecular flexibility index (Phi) is 6.32. The number of aryl methyl sites for hydroxylation is 2. The molecule has 0 radical (unpaired) electrons. The number of pyridine rings is 2. The van der Waals surface area contributed by atoms with Gasteiger partial charge in [-0.15, -0.1) is 0 Å². The van der Waals surface area contributed by atoms with E-state index in [9.17, 15) is 0 Å². The molecule has 4 nitrogen and oxygen atoms in total. The van der Waals surface area contributed by atoms with Crippen LogP contribution in [0.1, 0.15) is 25.0 Å². The van der Waals surface area contributed by atoms with Gasteiger partial charge in [0.05, 0.1) is 22.4 Å². The van der Waals surface area contributed by atoms with Crippen LogP contribution in [0.5, 0.6) is 0 Å². The molecule has 8 rings (SSSR count). The van der Waals surface area contributed by atoms with Crippen molar-refractivity contribution in [2.24, 2.45) is 0 Å². The minimum atomic E-state index is 0.980. The summed E-state index contributed by atoms with van der Waals surface area (Å²) in [5.74, 6) is 0. The van der Waals surface area contributed by atoms with Gasteiger partial charge in [0, 0.05) is 56.1 Å². The molecule has 0 fully saturated rings. The second-order valence-electron chi connectivity index (χ2n) is 10.7. The van der Waals surface area contributed by atoms with Crippen LogP contribution >= 0.6 is 0 Å². The highest BCUT2D eigenvalue weighted by Gasteiger charge is 2.15. The molecule has 4 aromatic heterocycles. The molecule has 4 aromatic carbocycles. The number of nitrogens with zero attached hydrogens (tertiary/aromatic N) is 2. The molecule has 0 aliphatic heterocycles. The molecule has 0 aliphatic carbocycles. The summed E-state index contributed by atoms with van der Waals surface area (Å²) in [6.45, 7) is 8.31. The van der Waals surface area contributed by atoms with Crippen LogP contribution in [-0.2, 0) is 0 Å². The molecule has 42 heavy (non-hydrogen) atoms. The highest BCUT2D eigenvalue weighted by Crippen LogP contribution is 2.38. The van der Waals surface area contributed by atoms with E-state index < -0.39 is 0 Å². The summed E-state index contributed by atoms with van der Waals surface area (Å²) in [5, 5.41) is 4.89. The minimum Gasteiger partial charge on any atom is -0.354 e. The van der Waals surface area contributed by atoms with Crippen LogP contribution in [0.4, 0.5) is 0 Å².